The monoisotopic (exact) mass is 370 g/mol. The van der Waals surface area contributed by atoms with E-state index in [4.69, 9.17) is 9.16 Å². The Morgan fingerprint density at radius 1 is 0.962 bits per heavy atom. The maximum atomic E-state index is 9.58. The number of aliphatic hydroxyl groups is 1. The molecule has 1 fully saturated rings. The molecule has 0 aromatic heterocycles. The van der Waals surface area contributed by atoms with Crippen LogP contribution in [-0.4, -0.2) is 38.3 Å². The lowest BCUT2D eigenvalue weighted by Gasteiger charge is -2.43. The summed E-state index contributed by atoms with van der Waals surface area (Å²) >= 11 is 0. The van der Waals surface area contributed by atoms with Gasteiger partial charge in [0.25, 0.3) is 8.32 Å². The largest absolute Gasteiger partial charge is 0.405 e. The van der Waals surface area contributed by atoms with Crippen molar-refractivity contribution >= 4 is 18.7 Å². The first-order valence-corrected chi connectivity index (χ1v) is 11.3. The highest BCUT2D eigenvalue weighted by Crippen LogP contribution is 2.38. The van der Waals surface area contributed by atoms with Crippen LogP contribution in [0.3, 0.4) is 0 Å². The second-order valence-electron chi connectivity index (χ2n) is 8.27. The van der Waals surface area contributed by atoms with Crippen molar-refractivity contribution in [2.45, 2.75) is 57.5 Å². The number of ether oxygens (including phenoxy) is 1. The first kappa shape index (κ1) is 19.3. The number of aliphatic hydroxyl groups excluding tert-OH is 1. The van der Waals surface area contributed by atoms with E-state index in [0.29, 0.717) is 13.0 Å². The molecule has 3 atom stereocenters. The van der Waals surface area contributed by atoms with Gasteiger partial charge in [0.1, 0.15) is 6.10 Å². The Balaban J connectivity index is 1.94. The summed E-state index contributed by atoms with van der Waals surface area (Å²) in [6.45, 7) is 9.22. The van der Waals surface area contributed by atoms with Crippen LogP contribution >= 0.6 is 0 Å². The van der Waals surface area contributed by atoms with E-state index in [1.165, 1.54) is 10.4 Å². The summed E-state index contributed by atoms with van der Waals surface area (Å²) in [7, 11) is -2.48. The molecule has 0 bridgehead atoms. The highest BCUT2D eigenvalue weighted by Gasteiger charge is 2.52. The van der Waals surface area contributed by atoms with Gasteiger partial charge in [-0.2, -0.15) is 0 Å². The van der Waals surface area contributed by atoms with E-state index >= 15 is 0 Å². The Hall–Kier alpha value is -1.46. The van der Waals surface area contributed by atoms with Crippen LogP contribution in [0.1, 0.15) is 34.1 Å². The molecule has 4 heteroatoms. The van der Waals surface area contributed by atoms with Gasteiger partial charge in [-0.15, -0.1) is 0 Å². The van der Waals surface area contributed by atoms with Crippen LogP contribution in [0.15, 0.2) is 60.7 Å². The van der Waals surface area contributed by atoms with E-state index in [-0.39, 0.29) is 23.4 Å². The average molecular weight is 371 g/mol. The van der Waals surface area contributed by atoms with Gasteiger partial charge < -0.3 is 14.3 Å². The Labute approximate surface area is 158 Å². The van der Waals surface area contributed by atoms with Crippen molar-refractivity contribution in [2.75, 3.05) is 6.61 Å². The summed E-state index contributed by atoms with van der Waals surface area (Å²) in [6, 6.07) is 21.3. The fourth-order valence-electron chi connectivity index (χ4n) is 3.84. The van der Waals surface area contributed by atoms with Crippen molar-refractivity contribution in [2.24, 2.45) is 0 Å². The van der Waals surface area contributed by atoms with Crippen LogP contribution < -0.4 is 10.4 Å². The summed E-state index contributed by atoms with van der Waals surface area (Å²) in [5, 5.41) is 12.1. The molecule has 1 N–H and O–H groups in total. The van der Waals surface area contributed by atoms with Crippen LogP contribution in [0.2, 0.25) is 5.04 Å². The molecule has 0 radical (unpaired) electrons. The zero-order valence-corrected chi connectivity index (χ0v) is 17.2. The van der Waals surface area contributed by atoms with Crippen molar-refractivity contribution in [3.05, 3.63) is 60.7 Å². The lowest BCUT2D eigenvalue weighted by Crippen LogP contribution is -2.66. The van der Waals surface area contributed by atoms with Crippen LogP contribution in [0.4, 0.5) is 0 Å². The van der Waals surface area contributed by atoms with Crippen molar-refractivity contribution in [3.8, 4) is 0 Å². The SMILES string of the molecule is CC(O)C[C@H]1O[C@H]1CO[Si](c1ccccc1)(c1ccccc1)C(C)(C)C. The first-order valence-electron chi connectivity index (χ1n) is 9.43. The van der Waals surface area contributed by atoms with Crippen LogP contribution in [0, 0.1) is 0 Å². The molecule has 3 rings (SSSR count). The highest BCUT2D eigenvalue weighted by atomic mass is 28.4. The van der Waals surface area contributed by atoms with E-state index in [1.807, 2.05) is 6.92 Å². The van der Waals surface area contributed by atoms with E-state index < -0.39 is 8.32 Å². The third kappa shape index (κ3) is 3.94. The highest BCUT2D eigenvalue weighted by molar-refractivity contribution is 6.99. The number of rotatable bonds is 7. The maximum absolute atomic E-state index is 9.58. The summed E-state index contributed by atoms with van der Waals surface area (Å²) in [5.74, 6) is 0. The van der Waals surface area contributed by atoms with Gasteiger partial charge in [0.15, 0.2) is 0 Å². The normalized spacial score (nSPS) is 21.4. The van der Waals surface area contributed by atoms with Gasteiger partial charge >= 0.3 is 0 Å². The predicted molar refractivity (Wildman–Crippen MR) is 109 cm³/mol. The Bertz CT molecular complexity index is 655. The zero-order valence-electron chi connectivity index (χ0n) is 16.2. The predicted octanol–water partition coefficient (Wildman–Crippen LogP) is 3.10. The molecule has 0 amide bonds. The molecule has 1 heterocycles. The molecule has 26 heavy (non-hydrogen) atoms. The standard InChI is InChI=1S/C22H30O3Si/c1-17(23)15-20-21(25-20)16-24-26(22(2,3)4,18-11-7-5-8-12-18)19-13-9-6-10-14-19/h5-14,17,20-21,23H,15-16H2,1-4H3/t17?,20-,21+/m1/s1. The van der Waals surface area contributed by atoms with Crippen molar-refractivity contribution in [3.63, 3.8) is 0 Å². The van der Waals surface area contributed by atoms with E-state index in [9.17, 15) is 5.11 Å². The molecule has 0 aliphatic carbocycles. The minimum atomic E-state index is -2.48. The average Bonchev–Trinajstić information content (AvgIpc) is 3.33. The molecule has 2 aromatic rings. The molecule has 140 valence electrons. The third-order valence-electron chi connectivity index (χ3n) is 5.14. The smallest absolute Gasteiger partial charge is 0.261 e. The topological polar surface area (TPSA) is 42.0 Å². The molecule has 3 nitrogen and oxygen atoms in total. The Kier molecular flexibility index (Phi) is 5.68. The number of benzene rings is 2. The van der Waals surface area contributed by atoms with E-state index in [1.54, 1.807) is 0 Å². The molecule has 1 aliphatic heterocycles. The van der Waals surface area contributed by atoms with Crippen molar-refractivity contribution in [1.82, 2.24) is 0 Å². The fourth-order valence-corrected chi connectivity index (χ4v) is 8.41. The van der Waals surface area contributed by atoms with Gasteiger partial charge in [0.05, 0.1) is 18.8 Å². The van der Waals surface area contributed by atoms with Gasteiger partial charge in [-0.1, -0.05) is 81.4 Å². The molecule has 0 spiro atoms. The third-order valence-corrected chi connectivity index (χ3v) is 10.1. The quantitative estimate of drug-likeness (QED) is 0.601. The van der Waals surface area contributed by atoms with Crippen LogP contribution in [-0.2, 0) is 9.16 Å². The van der Waals surface area contributed by atoms with Gasteiger partial charge in [-0.3, -0.25) is 0 Å². The van der Waals surface area contributed by atoms with Crippen molar-refractivity contribution in [1.29, 1.82) is 0 Å². The van der Waals surface area contributed by atoms with Gasteiger partial charge in [0, 0.05) is 6.42 Å². The molecule has 1 unspecified atom stereocenters. The molecule has 1 aliphatic rings. The Morgan fingerprint density at radius 3 is 1.88 bits per heavy atom. The molecule has 1 saturated heterocycles. The lowest BCUT2D eigenvalue weighted by molar-refractivity contribution is 0.170. The summed E-state index contributed by atoms with van der Waals surface area (Å²) < 4.78 is 12.6. The Morgan fingerprint density at radius 2 is 1.46 bits per heavy atom. The number of hydrogen-bond acceptors (Lipinski definition) is 3. The molecular formula is C22H30O3Si. The van der Waals surface area contributed by atoms with E-state index in [0.717, 1.165) is 0 Å². The second kappa shape index (κ2) is 7.65. The minimum Gasteiger partial charge on any atom is -0.405 e. The van der Waals surface area contributed by atoms with E-state index in [2.05, 4.69) is 81.4 Å². The minimum absolute atomic E-state index is 0.0234. The molecule has 0 saturated carbocycles. The summed E-state index contributed by atoms with van der Waals surface area (Å²) in [5.41, 5.74) is 0. The first-order chi connectivity index (χ1) is 12.3. The fraction of sp³-hybridized carbons (Fsp3) is 0.455. The second-order valence-corrected chi connectivity index (χ2v) is 12.6. The summed E-state index contributed by atoms with van der Waals surface area (Å²) in [4.78, 5) is 0. The van der Waals surface area contributed by atoms with Crippen LogP contribution in [0.25, 0.3) is 0 Å². The molecule has 2 aromatic carbocycles. The summed E-state index contributed by atoms with van der Waals surface area (Å²) in [6.07, 6.45) is 0.548. The van der Waals surface area contributed by atoms with Crippen molar-refractivity contribution < 1.29 is 14.3 Å². The zero-order chi connectivity index (χ0) is 18.8. The lowest BCUT2D eigenvalue weighted by atomic mass is 10.2. The van der Waals surface area contributed by atoms with Gasteiger partial charge in [0.2, 0.25) is 0 Å². The maximum Gasteiger partial charge on any atom is 0.261 e. The van der Waals surface area contributed by atoms with Gasteiger partial charge in [-0.25, -0.2) is 0 Å². The van der Waals surface area contributed by atoms with Gasteiger partial charge in [-0.05, 0) is 22.3 Å². The van der Waals surface area contributed by atoms with Crippen LogP contribution in [0.5, 0.6) is 0 Å². The molecular weight excluding hydrogens is 340 g/mol. The number of hydrogen-bond donors (Lipinski definition) is 1. The number of epoxide rings is 1.